The molecule has 1 amide bonds. The zero-order chi connectivity index (χ0) is 19.1. The van der Waals surface area contributed by atoms with Gasteiger partial charge in [-0.05, 0) is 37.6 Å². The lowest BCUT2D eigenvalue weighted by Gasteiger charge is -2.12. The molecule has 2 atom stereocenters. The number of halogens is 1. The maximum absolute atomic E-state index is 12.9. The van der Waals surface area contributed by atoms with Crippen molar-refractivity contribution < 1.29 is 18.1 Å². The zero-order valence-electron chi connectivity index (χ0n) is 14.6. The summed E-state index contributed by atoms with van der Waals surface area (Å²) < 4.78 is 30.6. The van der Waals surface area contributed by atoms with Gasteiger partial charge in [0.15, 0.2) is 5.75 Å². The van der Waals surface area contributed by atoms with Crippen molar-refractivity contribution in [2.75, 3.05) is 11.9 Å². The highest BCUT2D eigenvalue weighted by Gasteiger charge is 2.21. The second kappa shape index (κ2) is 9.28. The van der Waals surface area contributed by atoms with E-state index < -0.39 is 27.8 Å². The average molecular weight is 380 g/mol. The number of H-pyrrole nitrogens is 1. The molecule has 0 aliphatic carbocycles. The summed E-state index contributed by atoms with van der Waals surface area (Å²) in [5.74, 6) is -0.611. The summed E-state index contributed by atoms with van der Waals surface area (Å²) in [5.41, 5.74) is 0.581. The molecular formula is C18H21FN2O4S. The molecule has 0 spiro atoms. The highest BCUT2D eigenvalue weighted by molar-refractivity contribution is 7.85. The van der Waals surface area contributed by atoms with Gasteiger partial charge in [-0.25, -0.2) is 4.39 Å². The van der Waals surface area contributed by atoms with E-state index in [0.29, 0.717) is 18.0 Å². The quantitative estimate of drug-likeness (QED) is 0.737. The number of carbonyl (C=O) groups excluding carboxylic acids is 1. The van der Waals surface area contributed by atoms with Gasteiger partial charge in [-0.1, -0.05) is 6.92 Å². The fraction of sp³-hybridized carbons (Fsp3) is 0.333. The molecule has 2 N–H and O–H groups in total. The molecule has 2 aromatic rings. The van der Waals surface area contributed by atoms with Gasteiger partial charge in [0.2, 0.25) is 11.3 Å². The van der Waals surface area contributed by atoms with Crippen molar-refractivity contribution in [3.8, 4) is 5.75 Å². The van der Waals surface area contributed by atoms with E-state index in [-0.39, 0.29) is 16.9 Å². The van der Waals surface area contributed by atoms with Crippen LogP contribution in [0.15, 0.2) is 41.3 Å². The minimum Gasteiger partial charge on any atom is -0.488 e. The zero-order valence-corrected chi connectivity index (χ0v) is 15.4. The molecule has 0 radical (unpaired) electrons. The molecule has 140 valence electrons. The van der Waals surface area contributed by atoms with Crippen LogP contribution in [0, 0.1) is 5.82 Å². The Bertz CT molecular complexity index is 836. The second-order valence-electron chi connectivity index (χ2n) is 5.70. The summed E-state index contributed by atoms with van der Waals surface area (Å²) in [7, 11) is -1.54. The molecule has 8 heteroatoms. The number of pyridine rings is 1. The Balaban J connectivity index is 1.97. The normalized spacial score (nSPS) is 13.0. The summed E-state index contributed by atoms with van der Waals surface area (Å²) in [4.78, 5) is 27.0. The number of aromatic nitrogens is 1. The number of benzene rings is 1. The van der Waals surface area contributed by atoms with Crippen molar-refractivity contribution in [2.45, 2.75) is 31.3 Å². The molecule has 1 aromatic carbocycles. The molecule has 0 aliphatic heterocycles. The van der Waals surface area contributed by atoms with Gasteiger partial charge < -0.3 is 15.0 Å². The summed E-state index contributed by atoms with van der Waals surface area (Å²) in [6.45, 7) is 3.91. The minimum absolute atomic E-state index is 0.0291. The summed E-state index contributed by atoms with van der Waals surface area (Å²) in [5, 5.41) is 1.78. The second-order valence-corrected chi connectivity index (χ2v) is 7.46. The number of carbonyl (C=O) groups is 1. The molecule has 0 fully saturated rings. The number of ether oxygens (including phenoxy) is 1. The molecule has 26 heavy (non-hydrogen) atoms. The topological polar surface area (TPSA) is 88.3 Å². The van der Waals surface area contributed by atoms with Crippen molar-refractivity contribution in [1.82, 2.24) is 4.98 Å². The molecule has 0 saturated heterocycles. The van der Waals surface area contributed by atoms with Crippen LogP contribution < -0.4 is 15.5 Å². The van der Waals surface area contributed by atoms with Crippen LogP contribution in [-0.2, 0) is 21.3 Å². The van der Waals surface area contributed by atoms with Gasteiger partial charge in [0, 0.05) is 34.4 Å². The first kappa shape index (κ1) is 19.8. The van der Waals surface area contributed by atoms with Crippen LogP contribution in [0.3, 0.4) is 0 Å². The van der Waals surface area contributed by atoms with Crippen LogP contribution >= 0.6 is 0 Å². The van der Waals surface area contributed by atoms with E-state index in [1.54, 1.807) is 0 Å². The Morgan fingerprint density at radius 1 is 1.35 bits per heavy atom. The van der Waals surface area contributed by atoms with Crippen LogP contribution in [0.25, 0.3) is 0 Å². The first-order chi connectivity index (χ1) is 12.4. The van der Waals surface area contributed by atoms with Gasteiger partial charge in [0.1, 0.15) is 11.1 Å². The van der Waals surface area contributed by atoms with Crippen molar-refractivity contribution in [2.24, 2.45) is 0 Å². The molecule has 6 nitrogen and oxygen atoms in total. The lowest BCUT2D eigenvalue weighted by molar-refractivity contribution is -0.115. The molecule has 0 aliphatic rings. The van der Waals surface area contributed by atoms with Gasteiger partial charge in [0.25, 0.3) is 0 Å². The van der Waals surface area contributed by atoms with Gasteiger partial charge >= 0.3 is 0 Å². The van der Waals surface area contributed by atoms with E-state index in [1.165, 1.54) is 43.5 Å². The first-order valence-corrected chi connectivity index (χ1v) is 9.57. The number of hydrogen-bond acceptors (Lipinski definition) is 4. The van der Waals surface area contributed by atoms with Gasteiger partial charge in [-0.15, -0.1) is 0 Å². The largest absolute Gasteiger partial charge is 0.488 e. The van der Waals surface area contributed by atoms with Gasteiger partial charge in [-0.2, -0.15) is 0 Å². The predicted octanol–water partition coefficient (Wildman–Crippen LogP) is 2.58. The van der Waals surface area contributed by atoms with Crippen molar-refractivity contribution in [3.63, 3.8) is 0 Å². The molecule has 2 rings (SSSR count). The van der Waals surface area contributed by atoms with Crippen LogP contribution in [-0.4, -0.2) is 27.0 Å². The van der Waals surface area contributed by atoms with Crippen LogP contribution in [0.1, 0.15) is 26.0 Å². The maximum atomic E-state index is 12.9. The van der Waals surface area contributed by atoms with E-state index >= 15 is 0 Å². The molecule has 1 aromatic heterocycles. The van der Waals surface area contributed by atoms with Crippen LogP contribution in [0.4, 0.5) is 10.1 Å². The number of rotatable bonds is 8. The predicted molar refractivity (Wildman–Crippen MR) is 99.2 cm³/mol. The van der Waals surface area contributed by atoms with Crippen molar-refractivity contribution in [3.05, 3.63) is 58.3 Å². The molecular weight excluding hydrogens is 359 g/mol. The average Bonchev–Trinajstić information content (AvgIpc) is 2.62. The van der Waals surface area contributed by atoms with Gasteiger partial charge in [0.05, 0.1) is 12.4 Å². The lowest BCUT2D eigenvalue weighted by atomic mass is 10.3. The third-order valence-electron chi connectivity index (χ3n) is 3.57. The Morgan fingerprint density at radius 2 is 2.04 bits per heavy atom. The number of hydrogen-bond donors (Lipinski definition) is 2. The Hall–Kier alpha value is -2.48. The summed E-state index contributed by atoms with van der Waals surface area (Å²) >= 11 is 0. The maximum Gasteiger partial charge on any atom is 0.239 e. The van der Waals surface area contributed by atoms with Crippen molar-refractivity contribution >= 4 is 22.4 Å². The standard InChI is InChI=1S/C18H21FN2O4S/c1-3-8-25-17-10-20-15(9-16(17)22)11-26(24)12(2)18(23)21-14-6-4-13(19)5-7-14/h4-7,9-10,12H,3,8,11H2,1-2H3,(H,20,22)(H,21,23). The highest BCUT2D eigenvalue weighted by Crippen LogP contribution is 2.12. The Labute approximate surface area is 153 Å². The number of nitrogens with one attached hydrogen (secondary N) is 2. The number of aromatic amines is 1. The van der Waals surface area contributed by atoms with E-state index in [1.807, 2.05) is 6.92 Å². The Kier molecular flexibility index (Phi) is 7.08. The summed E-state index contributed by atoms with van der Waals surface area (Å²) in [6, 6.07) is 6.63. The molecule has 1 heterocycles. The SMILES string of the molecule is CCCOc1c[nH]c(CS(=O)C(C)C(=O)Nc2ccc(F)cc2)cc1=O. The smallest absolute Gasteiger partial charge is 0.239 e. The number of anilines is 1. The first-order valence-electron chi connectivity index (χ1n) is 8.18. The van der Waals surface area contributed by atoms with Gasteiger partial charge in [-0.3, -0.25) is 13.8 Å². The lowest BCUT2D eigenvalue weighted by Crippen LogP contribution is -2.30. The van der Waals surface area contributed by atoms with E-state index in [2.05, 4.69) is 10.3 Å². The third-order valence-corrected chi connectivity index (χ3v) is 5.17. The fourth-order valence-electron chi connectivity index (χ4n) is 2.08. The van der Waals surface area contributed by atoms with Crippen molar-refractivity contribution in [1.29, 1.82) is 0 Å². The van der Waals surface area contributed by atoms with E-state index in [4.69, 9.17) is 4.74 Å². The van der Waals surface area contributed by atoms with Crippen LogP contribution in [0.5, 0.6) is 5.75 Å². The summed E-state index contributed by atoms with van der Waals surface area (Å²) in [6.07, 6.45) is 2.22. The molecule has 0 saturated carbocycles. The minimum atomic E-state index is -1.54. The Morgan fingerprint density at radius 3 is 2.65 bits per heavy atom. The number of amides is 1. The van der Waals surface area contributed by atoms with Crippen LogP contribution in [0.2, 0.25) is 0 Å². The molecule has 2 unspecified atom stereocenters. The van der Waals surface area contributed by atoms with E-state index in [0.717, 1.165) is 6.42 Å². The monoisotopic (exact) mass is 380 g/mol. The highest BCUT2D eigenvalue weighted by atomic mass is 32.2. The third kappa shape index (κ3) is 5.52. The van der Waals surface area contributed by atoms with E-state index in [9.17, 15) is 18.2 Å². The molecule has 0 bridgehead atoms. The fourth-order valence-corrected chi connectivity index (χ4v) is 3.10.